The number of aryl methyl sites for hydroxylation is 1. The molecular weight excluding hydrogens is 306 g/mol. The molecule has 4 aromatic rings. The average Bonchev–Trinajstić information content (AvgIpc) is 2.56. The maximum atomic E-state index is 6.37. The van der Waals surface area contributed by atoms with Crippen molar-refractivity contribution in [2.75, 3.05) is 5.73 Å². The van der Waals surface area contributed by atoms with Crippen molar-refractivity contribution in [3.8, 4) is 11.3 Å². The Morgan fingerprint density at radius 1 is 0.957 bits per heavy atom. The zero-order chi connectivity index (χ0) is 16.0. The number of benzene rings is 2. The van der Waals surface area contributed by atoms with Crippen molar-refractivity contribution in [1.29, 1.82) is 0 Å². The Bertz CT molecular complexity index is 1040. The van der Waals surface area contributed by atoms with Crippen molar-refractivity contribution in [3.05, 3.63) is 65.2 Å². The molecule has 0 aliphatic rings. The first-order valence-electron chi connectivity index (χ1n) is 7.35. The first kappa shape index (κ1) is 14.0. The van der Waals surface area contributed by atoms with Crippen LogP contribution < -0.4 is 5.73 Å². The number of halogens is 1. The second-order valence-electron chi connectivity index (χ2n) is 5.58. The van der Waals surface area contributed by atoms with Gasteiger partial charge in [0.2, 0.25) is 0 Å². The summed E-state index contributed by atoms with van der Waals surface area (Å²) in [5, 5.41) is 2.40. The van der Waals surface area contributed by atoms with E-state index in [4.69, 9.17) is 22.3 Å². The highest BCUT2D eigenvalue weighted by Gasteiger charge is 2.12. The van der Waals surface area contributed by atoms with Gasteiger partial charge in [-0.1, -0.05) is 41.9 Å². The van der Waals surface area contributed by atoms with Gasteiger partial charge in [0, 0.05) is 21.4 Å². The van der Waals surface area contributed by atoms with Crippen LogP contribution in [0.3, 0.4) is 0 Å². The summed E-state index contributed by atoms with van der Waals surface area (Å²) in [5.74, 6) is 0. The largest absolute Gasteiger partial charge is 0.398 e. The number of aromatic nitrogens is 2. The number of fused-ring (bicyclic) bond motifs is 2. The highest BCUT2D eigenvalue weighted by molar-refractivity contribution is 6.31. The Morgan fingerprint density at radius 2 is 1.74 bits per heavy atom. The zero-order valence-electron chi connectivity index (χ0n) is 12.5. The number of pyridine rings is 2. The Morgan fingerprint density at radius 3 is 2.52 bits per heavy atom. The van der Waals surface area contributed by atoms with Crippen LogP contribution in [0.1, 0.15) is 5.56 Å². The topological polar surface area (TPSA) is 51.8 Å². The zero-order valence-corrected chi connectivity index (χ0v) is 13.3. The van der Waals surface area contributed by atoms with Crippen molar-refractivity contribution in [2.45, 2.75) is 6.92 Å². The molecule has 4 rings (SSSR count). The number of hydrogen-bond donors (Lipinski definition) is 1. The van der Waals surface area contributed by atoms with E-state index in [9.17, 15) is 0 Å². The van der Waals surface area contributed by atoms with Crippen molar-refractivity contribution in [1.82, 2.24) is 9.97 Å². The van der Waals surface area contributed by atoms with Gasteiger partial charge in [-0.3, -0.25) is 0 Å². The number of hydrogen-bond acceptors (Lipinski definition) is 3. The molecule has 2 aromatic heterocycles. The lowest BCUT2D eigenvalue weighted by Crippen LogP contribution is -1.98. The molecule has 0 aliphatic carbocycles. The summed E-state index contributed by atoms with van der Waals surface area (Å²) in [6.07, 6.45) is 0. The summed E-state index contributed by atoms with van der Waals surface area (Å²) in [7, 11) is 0. The van der Waals surface area contributed by atoms with Gasteiger partial charge in [-0.05, 0) is 36.8 Å². The van der Waals surface area contributed by atoms with Gasteiger partial charge in [-0.2, -0.15) is 0 Å². The smallest absolute Gasteiger partial charge is 0.162 e. The van der Waals surface area contributed by atoms with Crippen LogP contribution in [0.5, 0.6) is 0 Å². The molecule has 3 nitrogen and oxygen atoms in total. The van der Waals surface area contributed by atoms with Gasteiger partial charge in [-0.15, -0.1) is 0 Å². The third kappa shape index (κ3) is 2.30. The van der Waals surface area contributed by atoms with Gasteiger partial charge in [0.15, 0.2) is 5.65 Å². The van der Waals surface area contributed by atoms with E-state index in [1.54, 1.807) is 0 Å². The Kier molecular flexibility index (Phi) is 3.17. The lowest BCUT2D eigenvalue weighted by atomic mass is 10.0. The Balaban J connectivity index is 2.07. The highest BCUT2D eigenvalue weighted by Crippen LogP contribution is 2.33. The normalized spacial score (nSPS) is 11.2. The van der Waals surface area contributed by atoms with Gasteiger partial charge in [0.25, 0.3) is 0 Å². The lowest BCUT2D eigenvalue weighted by molar-refractivity contribution is 1.30. The van der Waals surface area contributed by atoms with Crippen LogP contribution in [0.15, 0.2) is 54.6 Å². The molecule has 2 heterocycles. The van der Waals surface area contributed by atoms with Gasteiger partial charge in [0.05, 0.1) is 16.9 Å². The molecule has 2 aromatic carbocycles. The number of nitrogens with zero attached hydrogens (tertiary/aromatic N) is 2. The van der Waals surface area contributed by atoms with Crippen molar-refractivity contribution in [2.24, 2.45) is 0 Å². The van der Waals surface area contributed by atoms with Crippen LogP contribution in [0.4, 0.5) is 5.69 Å². The summed E-state index contributed by atoms with van der Waals surface area (Å²) in [4.78, 5) is 9.39. The predicted molar refractivity (Wildman–Crippen MR) is 96.6 cm³/mol. The first-order chi connectivity index (χ1) is 11.1. The standard InChI is InChI=1S/C19H14ClN3/c1-11-9-16(12-5-3-2-4-6-12)23-19-17(11)18(21)14-10-13(20)7-8-15(14)22-19/h2-10H,1H3,(H2,21,22,23). The van der Waals surface area contributed by atoms with E-state index in [1.165, 1.54) is 0 Å². The van der Waals surface area contributed by atoms with Crippen molar-refractivity contribution < 1.29 is 0 Å². The second-order valence-corrected chi connectivity index (χ2v) is 6.01. The van der Waals surface area contributed by atoms with Gasteiger partial charge in [-0.25, -0.2) is 9.97 Å². The molecular formula is C19H14ClN3. The maximum Gasteiger partial charge on any atom is 0.162 e. The number of nitrogen functional groups attached to an aromatic ring is 1. The fraction of sp³-hybridized carbons (Fsp3) is 0.0526. The van der Waals surface area contributed by atoms with Gasteiger partial charge >= 0.3 is 0 Å². The van der Waals surface area contributed by atoms with E-state index in [0.717, 1.165) is 33.1 Å². The van der Waals surface area contributed by atoms with Crippen LogP contribution in [0, 0.1) is 6.92 Å². The summed E-state index contributed by atoms with van der Waals surface area (Å²) in [6.45, 7) is 2.03. The predicted octanol–water partition coefficient (Wildman–Crippen LogP) is 4.99. The fourth-order valence-corrected chi connectivity index (χ4v) is 3.07. The van der Waals surface area contributed by atoms with E-state index < -0.39 is 0 Å². The first-order valence-corrected chi connectivity index (χ1v) is 7.73. The molecule has 0 bridgehead atoms. The molecule has 23 heavy (non-hydrogen) atoms. The number of rotatable bonds is 1. The summed E-state index contributed by atoms with van der Waals surface area (Å²) < 4.78 is 0. The monoisotopic (exact) mass is 319 g/mol. The van der Waals surface area contributed by atoms with Crippen LogP contribution in [0.2, 0.25) is 5.02 Å². The third-order valence-electron chi connectivity index (χ3n) is 4.01. The second kappa shape index (κ2) is 5.21. The quantitative estimate of drug-likeness (QED) is 0.503. The molecule has 0 aliphatic heterocycles. The molecule has 2 N–H and O–H groups in total. The van der Waals surface area contributed by atoms with E-state index >= 15 is 0 Å². The molecule has 112 valence electrons. The maximum absolute atomic E-state index is 6.37. The van der Waals surface area contributed by atoms with Crippen molar-refractivity contribution in [3.63, 3.8) is 0 Å². The molecule has 0 radical (unpaired) electrons. The molecule has 0 unspecified atom stereocenters. The minimum absolute atomic E-state index is 0.650. The summed E-state index contributed by atoms with van der Waals surface area (Å²) >= 11 is 6.09. The number of nitrogens with two attached hydrogens (primary N) is 1. The fourth-order valence-electron chi connectivity index (χ4n) is 2.90. The number of anilines is 1. The molecule has 0 spiro atoms. The molecule has 0 amide bonds. The van der Waals surface area contributed by atoms with E-state index in [0.29, 0.717) is 16.4 Å². The van der Waals surface area contributed by atoms with E-state index in [2.05, 4.69) is 4.98 Å². The van der Waals surface area contributed by atoms with Gasteiger partial charge < -0.3 is 5.73 Å². The minimum atomic E-state index is 0.650. The van der Waals surface area contributed by atoms with Crippen molar-refractivity contribution >= 4 is 39.2 Å². The van der Waals surface area contributed by atoms with Crippen LogP contribution in [-0.2, 0) is 0 Å². The summed E-state index contributed by atoms with van der Waals surface area (Å²) in [6, 6.07) is 17.7. The Labute approximate surface area is 138 Å². The summed E-state index contributed by atoms with van der Waals surface area (Å²) in [5.41, 5.74) is 11.5. The molecule has 4 heteroatoms. The third-order valence-corrected chi connectivity index (χ3v) is 4.25. The SMILES string of the molecule is Cc1cc(-c2ccccc2)nc2nc3ccc(Cl)cc3c(N)c12. The molecule has 0 saturated heterocycles. The van der Waals surface area contributed by atoms with Crippen LogP contribution in [-0.4, -0.2) is 9.97 Å². The molecule has 0 atom stereocenters. The Hall–Kier alpha value is -2.65. The minimum Gasteiger partial charge on any atom is -0.398 e. The highest BCUT2D eigenvalue weighted by atomic mass is 35.5. The molecule has 0 fully saturated rings. The van der Waals surface area contributed by atoms with E-state index in [-0.39, 0.29) is 0 Å². The van der Waals surface area contributed by atoms with E-state index in [1.807, 2.05) is 61.5 Å². The van der Waals surface area contributed by atoms with Gasteiger partial charge in [0.1, 0.15) is 0 Å². The lowest BCUT2D eigenvalue weighted by Gasteiger charge is -2.11. The van der Waals surface area contributed by atoms with Crippen LogP contribution >= 0.6 is 11.6 Å². The molecule has 0 saturated carbocycles. The van der Waals surface area contributed by atoms with Crippen LogP contribution in [0.25, 0.3) is 33.2 Å². The average molecular weight is 320 g/mol.